The van der Waals surface area contributed by atoms with E-state index in [4.69, 9.17) is 16.6 Å². The van der Waals surface area contributed by atoms with Crippen LogP contribution in [0.25, 0.3) is 11.0 Å². The third-order valence-corrected chi connectivity index (χ3v) is 8.04. The molecule has 1 fully saturated rings. The lowest BCUT2D eigenvalue weighted by Gasteiger charge is -2.33. The molecule has 1 amide bonds. The van der Waals surface area contributed by atoms with Crippen LogP contribution in [0.1, 0.15) is 16.2 Å². The minimum absolute atomic E-state index is 0.0132. The topological polar surface area (TPSA) is 78.8 Å². The van der Waals surface area contributed by atoms with E-state index in [0.717, 1.165) is 29.0 Å². The molecule has 0 bridgehead atoms. The van der Waals surface area contributed by atoms with Crippen LogP contribution < -0.4 is 0 Å². The Bertz CT molecular complexity index is 1320. The Balaban J connectivity index is 1.46. The van der Waals surface area contributed by atoms with Crippen LogP contribution in [-0.4, -0.2) is 78.3 Å². The number of benzene rings is 2. The molecule has 2 aromatic carbocycles. The molecule has 176 valence electrons. The Morgan fingerprint density at radius 3 is 2.45 bits per heavy atom. The van der Waals surface area contributed by atoms with Crippen molar-refractivity contribution in [2.24, 2.45) is 7.05 Å². The van der Waals surface area contributed by atoms with E-state index in [0.29, 0.717) is 38.3 Å². The first kappa shape index (κ1) is 23.6. The van der Waals surface area contributed by atoms with Crippen molar-refractivity contribution in [3.8, 4) is 0 Å². The molecular formula is C22H25ClFN5O3S. The number of halogens is 2. The smallest absolute Gasteiger partial charge is 0.253 e. The molecule has 1 aromatic heterocycles. The summed E-state index contributed by atoms with van der Waals surface area (Å²) in [6, 6.07) is 8.92. The summed E-state index contributed by atoms with van der Waals surface area (Å²) >= 11 is 5.77. The monoisotopic (exact) mass is 493 g/mol. The second kappa shape index (κ2) is 9.02. The van der Waals surface area contributed by atoms with E-state index in [1.807, 2.05) is 17.7 Å². The highest BCUT2D eigenvalue weighted by Gasteiger charge is 2.29. The highest BCUT2D eigenvalue weighted by atomic mass is 35.5. The van der Waals surface area contributed by atoms with Gasteiger partial charge in [0.05, 0.1) is 27.5 Å². The number of carbonyl (C=O) groups excluding carboxylic acids is 1. The van der Waals surface area contributed by atoms with E-state index in [2.05, 4.69) is 4.90 Å². The van der Waals surface area contributed by atoms with Crippen LogP contribution in [0.5, 0.6) is 0 Å². The minimum atomic E-state index is -3.75. The van der Waals surface area contributed by atoms with Crippen molar-refractivity contribution in [2.75, 3.05) is 40.3 Å². The third-order valence-electron chi connectivity index (χ3n) is 5.85. The van der Waals surface area contributed by atoms with E-state index in [9.17, 15) is 17.6 Å². The average molecular weight is 494 g/mol. The number of rotatable bonds is 5. The lowest BCUT2D eigenvalue weighted by atomic mass is 10.2. The van der Waals surface area contributed by atoms with Gasteiger partial charge >= 0.3 is 0 Å². The average Bonchev–Trinajstić information content (AvgIpc) is 3.09. The highest BCUT2D eigenvalue weighted by Crippen LogP contribution is 2.24. The van der Waals surface area contributed by atoms with Crippen LogP contribution in [0.2, 0.25) is 5.02 Å². The summed E-state index contributed by atoms with van der Waals surface area (Å²) in [5.74, 6) is 0.103. The molecule has 4 rings (SSSR count). The molecule has 1 aliphatic heterocycles. The number of hydrogen-bond donors (Lipinski definition) is 0. The predicted octanol–water partition coefficient (Wildman–Crippen LogP) is 2.57. The standard InChI is InChI=1S/C22H25ClFN5O3S/c1-26(2)22(30)15-4-7-20-19(12-15)25-21(27(20)3)14-28-8-10-29(11-9-28)33(31,32)16-5-6-18(24)17(23)13-16/h4-7,12-13H,8-11,14H2,1-3H3. The van der Waals surface area contributed by atoms with Gasteiger partial charge in [-0.25, -0.2) is 17.8 Å². The number of hydrogen-bond acceptors (Lipinski definition) is 5. The zero-order valence-corrected chi connectivity index (χ0v) is 20.2. The van der Waals surface area contributed by atoms with E-state index in [1.54, 1.807) is 26.2 Å². The van der Waals surface area contributed by atoms with E-state index in [-0.39, 0.29) is 15.8 Å². The molecule has 2 heterocycles. The number of carbonyl (C=O) groups is 1. The van der Waals surface area contributed by atoms with Crippen LogP contribution in [0.4, 0.5) is 4.39 Å². The molecule has 0 radical (unpaired) electrons. The second-order valence-electron chi connectivity index (χ2n) is 8.25. The summed E-state index contributed by atoms with van der Waals surface area (Å²) in [7, 11) is 1.60. The Kier molecular flexibility index (Phi) is 6.45. The number of nitrogens with zero attached hydrogens (tertiary/aromatic N) is 5. The molecule has 3 aromatic rings. The first-order valence-corrected chi connectivity index (χ1v) is 12.2. The van der Waals surface area contributed by atoms with Crippen LogP contribution >= 0.6 is 11.6 Å². The summed E-state index contributed by atoms with van der Waals surface area (Å²) < 4.78 is 42.6. The maximum Gasteiger partial charge on any atom is 0.253 e. The second-order valence-corrected chi connectivity index (χ2v) is 10.6. The Hall–Kier alpha value is -2.53. The molecule has 0 unspecified atom stereocenters. The van der Waals surface area contributed by atoms with E-state index >= 15 is 0 Å². The summed E-state index contributed by atoms with van der Waals surface area (Å²) in [6.45, 7) is 2.23. The zero-order valence-electron chi connectivity index (χ0n) is 18.6. The van der Waals surface area contributed by atoms with Crippen molar-refractivity contribution in [3.63, 3.8) is 0 Å². The minimum Gasteiger partial charge on any atom is -0.345 e. The highest BCUT2D eigenvalue weighted by molar-refractivity contribution is 7.89. The van der Waals surface area contributed by atoms with Crippen molar-refractivity contribution in [3.05, 3.63) is 58.6 Å². The number of aromatic nitrogens is 2. The number of aryl methyl sites for hydroxylation is 1. The molecule has 33 heavy (non-hydrogen) atoms. The first-order valence-electron chi connectivity index (χ1n) is 10.4. The van der Waals surface area contributed by atoms with Crippen molar-refractivity contribution >= 4 is 38.6 Å². The number of sulfonamides is 1. The van der Waals surface area contributed by atoms with Gasteiger partial charge in [-0.05, 0) is 36.4 Å². The fourth-order valence-electron chi connectivity index (χ4n) is 3.90. The molecule has 1 saturated heterocycles. The van der Waals surface area contributed by atoms with Crippen LogP contribution in [0.3, 0.4) is 0 Å². The van der Waals surface area contributed by atoms with Gasteiger partial charge in [0, 0.05) is 52.9 Å². The van der Waals surface area contributed by atoms with Crippen molar-refractivity contribution in [1.82, 2.24) is 23.7 Å². The van der Waals surface area contributed by atoms with Crippen molar-refractivity contribution in [2.45, 2.75) is 11.4 Å². The summed E-state index contributed by atoms with van der Waals surface area (Å²) in [5, 5.41) is -0.216. The number of fused-ring (bicyclic) bond motifs is 1. The fraction of sp³-hybridized carbons (Fsp3) is 0.364. The van der Waals surface area contributed by atoms with Gasteiger partial charge in [-0.15, -0.1) is 0 Å². The van der Waals surface area contributed by atoms with Crippen LogP contribution in [-0.2, 0) is 23.6 Å². The molecule has 0 aliphatic carbocycles. The molecular weight excluding hydrogens is 469 g/mol. The molecule has 0 spiro atoms. The number of piperazine rings is 1. The van der Waals surface area contributed by atoms with Crippen LogP contribution in [0.15, 0.2) is 41.3 Å². The van der Waals surface area contributed by atoms with Gasteiger partial charge in [0.25, 0.3) is 5.91 Å². The number of amides is 1. The van der Waals surface area contributed by atoms with Gasteiger partial charge < -0.3 is 9.47 Å². The van der Waals surface area contributed by atoms with Gasteiger partial charge in [-0.1, -0.05) is 11.6 Å². The maximum absolute atomic E-state index is 13.4. The van der Waals surface area contributed by atoms with Gasteiger partial charge in [-0.2, -0.15) is 4.31 Å². The normalized spacial score (nSPS) is 15.8. The van der Waals surface area contributed by atoms with Gasteiger partial charge in [0.15, 0.2) is 0 Å². The third kappa shape index (κ3) is 4.61. The molecule has 8 nitrogen and oxygen atoms in total. The summed E-state index contributed by atoms with van der Waals surface area (Å²) in [4.78, 5) is 20.6. The SMILES string of the molecule is CN(C)C(=O)c1ccc2c(c1)nc(CN1CCN(S(=O)(=O)c3ccc(F)c(Cl)c3)CC1)n2C. The maximum atomic E-state index is 13.4. The summed E-state index contributed by atoms with van der Waals surface area (Å²) in [5.41, 5.74) is 2.25. The molecule has 11 heteroatoms. The lowest BCUT2D eigenvalue weighted by molar-refractivity contribution is 0.0827. The Labute approximate surface area is 197 Å². The van der Waals surface area contributed by atoms with Crippen LogP contribution in [0, 0.1) is 5.82 Å². The van der Waals surface area contributed by atoms with E-state index in [1.165, 1.54) is 15.3 Å². The molecule has 1 aliphatic rings. The quantitative estimate of drug-likeness (QED) is 0.546. The largest absolute Gasteiger partial charge is 0.345 e. The number of imidazole rings is 1. The zero-order chi connectivity index (χ0) is 23.9. The van der Waals surface area contributed by atoms with Gasteiger partial charge in [-0.3, -0.25) is 9.69 Å². The summed E-state index contributed by atoms with van der Waals surface area (Å²) in [6.07, 6.45) is 0. The van der Waals surface area contributed by atoms with Gasteiger partial charge in [0.1, 0.15) is 11.6 Å². The lowest BCUT2D eigenvalue weighted by Crippen LogP contribution is -2.48. The fourth-order valence-corrected chi connectivity index (χ4v) is 5.59. The predicted molar refractivity (Wildman–Crippen MR) is 124 cm³/mol. The van der Waals surface area contributed by atoms with Gasteiger partial charge in [0.2, 0.25) is 10.0 Å². The Morgan fingerprint density at radius 2 is 1.82 bits per heavy atom. The Morgan fingerprint density at radius 1 is 1.12 bits per heavy atom. The molecule has 0 saturated carbocycles. The van der Waals surface area contributed by atoms with E-state index < -0.39 is 15.8 Å². The molecule has 0 N–H and O–H groups in total. The van der Waals surface area contributed by atoms with Crippen molar-refractivity contribution in [1.29, 1.82) is 0 Å². The molecule has 0 atom stereocenters. The van der Waals surface area contributed by atoms with Crippen molar-refractivity contribution < 1.29 is 17.6 Å². The first-order chi connectivity index (χ1) is 15.6.